The van der Waals surface area contributed by atoms with Crippen LogP contribution < -0.4 is 10.1 Å². The molecular weight excluding hydrogens is 402 g/mol. The fraction of sp³-hybridized carbons (Fsp3) is 0.227. The molecule has 0 spiro atoms. The number of carbonyl (C=O) groups excluding carboxylic acids is 1. The number of nitrogens with one attached hydrogen (secondary N) is 1. The van der Waals surface area contributed by atoms with E-state index in [1.54, 1.807) is 11.8 Å². The third-order valence-electron chi connectivity index (χ3n) is 3.94. The van der Waals surface area contributed by atoms with Crippen LogP contribution in [0.4, 0.5) is 5.69 Å². The Morgan fingerprint density at radius 2 is 2.03 bits per heavy atom. The number of benzene rings is 2. The summed E-state index contributed by atoms with van der Waals surface area (Å²) in [6.07, 6.45) is 0.685. The average molecular weight is 424 g/mol. The van der Waals surface area contributed by atoms with Gasteiger partial charge in [-0.2, -0.15) is 5.26 Å². The summed E-state index contributed by atoms with van der Waals surface area (Å²) in [5.74, 6) is 1.42. The zero-order valence-electron chi connectivity index (χ0n) is 16.1. The van der Waals surface area contributed by atoms with Crippen molar-refractivity contribution in [2.45, 2.75) is 24.7 Å². The maximum absolute atomic E-state index is 12.5. The predicted octanol–water partition coefficient (Wildman–Crippen LogP) is 5.40. The van der Waals surface area contributed by atoms with E-state index in [1.165, 1.54) is 11.3 Å². The normalized spacial score (nSPS) is 10.3. The Bertz CT molecular complexity index is 994. The zero-order valence-corrected chi connectivity index (χ0v) is 17.7. The number of nitriles is 1. The third-order valence-corrected chi connectivity index (χ3v) is 5.95. The van der Waals surface area contributed by atoms with E-state index < -0.39 is 0 Å². The molecule has 0 saturated carbocycles. The molecule has 29 heavy (non-hydrogen) atoms. The maximum atomic E-state index is 12.5. The third kappa shape index (κ3) is 6.08. The van der Waals surface area contributed by atoms with Gasteiger partial charge in [0, 0.05) is 28.0 Å². The molecule has 0 unspecified atom stereocenters. The van der Waals surface area contributed by atoms with Gasteiger partial charge in [-0.15, -0.1) is 23.1 Å². The lowest BCUT2D eigenvalue weighted by atomic mass is 10.2. The molecule has 0 radical (unpaired) electrons. The molecule has 0 aliphatic carbocycles. The second-order valence-corrected chi connectivity index (χ2v) is 8.07. The highest BCUT2D eigenvalue weighted by Gasteiger charge is 2.11. The highest BCUT2D eigenvalue weighted by Crippen LogP contribution is 2.28. The van der Waals surface area contributed by atoms with Gasteiger partial charge in [-0.25, -0.2) is 4.98 Å². The molecule has 0 bridgehead atoms. The molecule has 3 rings (SSSR count). The van der Waals surface area contributed by atoms with E-state index in [4.69, 9.17) is 10.00 Å². The number of ether oxygens (including phenoxy) is 1. The fourth-order valence-electron chi connectivity index (χ4n) is 2.64. The summed E-state index contributed by atoms with van der Waals surface area (Å²) in [5, 5.41) is 14.5. The highest BCUT2D eigenvalue weighted by molar-refractivity contribution is 7.99. The summed E-state index contributed by atoms with van der Waals surface area (Å²) in [6, 6.07) is 17.6. The molecule has 148 valence electrons. The fourth-order valence-corrected chi connectivity index (χ4v) is 4.33. The molecular formula is C22H21N3O2S2. The molecule has 0 saturated heterocycles. The Morgan fingerprint density at radius 1 is 1.24 bits per heavy atom. The van der Waals surface area contributed by atoms with Gasteiger partial charge in [0.2, 0.25) is 5.91 Å². The van der Waals surface area contributed by atoms with Crippen molar-refractivity contribution >= 4 is 34.7 Å². The van der Waals surface area contributed by atoms with Crippen LogP contribution in [0.3, 0.4) is 0 Å². The number of amides is 1. The van der Waals surface area contributed by atoms with E-state index in [1.807, 2.05) is 60.8 Å². The number of hydrogen-bond acceptors (Lipinski definition) is 6. The van der Waals surface area contributed by atoms with Crippen molar-refractivity contribution in [3.8, 4) is 22.4 Å². The zero-order chi connectivity index (χ0) is 20.5. The average Bonchev–Trinajstić information content (AvgIpc) is 3.18. The maximum Gasteiger partial charge on any atom is 0.230 e. The minimum atomic E-state index is -0.109. The molecule has 1 heterocycles. The first kappa shape index (κ1) is 20.9. The largest absolute Gasteiger partial charge is 0.494 e. The molecule has 1 aromatic heterocycles. The van der Waals surface area contributed by atoms with E-state index in [2.05, 4.69) is 16.4 Å². The van der Waals surface area contributed by atoms with Crippen LogP contribution in [0.25, 0.3) is 10.6 Å². The molecule has 5 nitrogen and oxygen atoms in total. The van der Waals surface area contributed by atoms with Crippen molar-refractivity contribution in [3.63, 3.8) is 0 Å². The highest BCUT2D eigenvalue weighted by atomic mass is 32.2. The van der Waals surface area contributed by atoms with Crippen molar-refractivity contribution in [1.29, 1.82) is 5.26 Å². The monoisotopic (exact) mass is 423 g/mol. The number of para-hydroxylation sites is 1. The molecule has 3 aromatic rings. The summed E-state index contributed by atoms with van der Waals surface area (Å²) in [5.41, 5.74) is 2.51. The number of thiazole rings is 1. The van der Waals surface area contributed by atoms with Gasteiger partial charge in [0.15, 0.2) is 0 Å². The number of aromatic nitrogens is 1. The molecule has 2 aromatic carbocycles. The van der Waals surface area contributed by atoms with E-state index in [0.29, 0.717) is 18.8 Å². The Balaban J connectivity index is 1.61. The van der Waals surface area contributed by atoms with E-state index >= 15 is 0 Å². The lowest BCUT2D eigenvalue weighted by Gasteiger charge is -2.09. The van der Waals surface area contributed by atoms with E-state index in [0.717, 1.165) is 32.6 Å². The van der Waals surface area contributed by atoms with Crippen LogP contribution in [0, 0.1) is 11.3 Å². The Morgan fingerprint density at radius 3 is 2.79 bits per heavy atom. The smallest absolute Gasteiger partial charge is 0.230 e. The molecule has 0 atom stereocenters. The second-order valence-electron chi connectivity index (χ2n) is 6.08. The van der Waals surface area contributed by atoms with Crippen LogP contribution in [0.2, 0.25) is 0 Å². The van der Waals surface area contributed by atoms with Crippen molar-refractivity contribution in [2.75, 3.05) is 17.7 Å². The quantitative estimate of drug-likeness (QED) is 0.369. The minimum Gasteiger partial charge on any atom is -0.494 e. The lowest BCUT2D eigenvalue weighted by Crippen LogP contribution is -2.15. The van der Waals surface area contributed by atoms with Crippen molar-refractivity contribution in [3.05, 3.63) is 59.6 Å². The number of anilines is 1. The van der Waals surface area contributed by atoms with Gasteiger partial charge in [-0.3, -0.25) is 4.79 Å². The topological polar surface area (TPSA) is 75.0 Å². The van der Waals surface area contributed by atoms with E-state index in [-0.39, 0.29) is 12.3 Å². The SMILES string of the molecule is CCOc1ccc(-c2nc(CC(=O)Nc3ccccc3SCCC#N)cs2)cc1. The molecule has 0 aliphatic heterocycles. The second kappa shape index (κ2) is 10.6. The summed E-state index contributed by atoms with van der Waals surface area (Å²) < 4.78 is 5.46. The Hall–Kier alpha value is -2.82. The molecule has 0 aliphatic rings. The number of thioether (sulfide) groups is 1. The van der Waals surface area contributed by atoms with Crippen LogP contribution in [0.15, 0.2) is 58.8 Å². The number of hydrogen-bond donors (Lipinski definition) is 1. The molecule has 1 N–H and O–H groups in total. The van der Waals surface area contributed by atoms with Gasteiger partial charge in [-0.1, -0.05) is 12.1 Å². The number of rotatable bonds is 9. The first-order valence-electron chi connectivity index (χ1n) is 9.26. The van der Waals surface area contributed by atoms with Gasteiger partial charge >= 0.3 is 0 Å². The first-order chi connectivity index (χ1) is 14.2. The van der Waals surface area contributed by atoms with Crippen LogP contribution in [-0.2, 0) is 11.2 Å². The van der Waals surface area contributed by atoms with Gasteiger partial charge in [0.25, 0.3) is 0 Å². The summed E-state index contributed by atoms with van der Waals surface area (Å²) in [6.45, 7) is 2.59. The summed E-state index contributed by atoms with van der Waals surface area (Å²) >= 11 is 3.09. The summed E-state index contributed by atoms with van der Waals surface area (Å²) in [4.78, 5) is 18.1. The van der Waals surface area contributed by atoms with Crippen LogP contribution in [-0.4, -0.2) is 23.3 Å². The van der Waals surface area contributed by atoms with Gasteiger partial charge in [0.1, 0.15) is 10.8 Å². The van der Waals surface area contributed by atoms with Gasteiger partial charge in [0.05, 0.1) is 30.5 Å². The van der Waals surface area contributed by atoms with Crippen molar-refractivity contribution in [2.24, 2.45) is 0 Å². The minimum absolute atomic E-state index is 0.109. The van der Waals surface area contributed by atoms with Crippen LogP contribution >= 0.6 is 23.1 Å². The van der Waals surface area contributed by atoms with Crippen molar-refractivity contribution < 1.29 is 9.53 Å². The first-order valence-corrected chi connectivity index (χ1v) is 11.1. The molecule has 0 fully saturated rings. The lowest BCUT2D eigenvalue weighted by molar-refractivity contribution is -0.115. The number of nitrogens with zero attached hydrogens (tertiary/aromatic N) is 2. The van der Waals surface area contributed by atoms with Crippen LogP contribution in [0.1, 0.15) is 19.0 Å². The van der Waals surface area contributed by atoms with Gasteiger partial charge in [-0.05, 0) is 43.3 Å². The Kier molecular flexibility index (Phi) is 7.68. The molecule has 1 amide bonds. The summed E-state index contributed by atoms with van der Waals surface area (Å²) in [7, 11) is 0. The van der Waals surface area contributed by atoms with Gasteiger partial charge < -0.3 is 10.1 Å². The van der Waals surface area contributed by atoms with Crippen LogP contribution in [0.5, 0.6) is 5.75 Å². The standard InChI is InChI=1S/C22H21N3O2S2/c1-2-27-18-10-8-16(9-11-18)22-24-17(15-29-22)14-21(26)25-19-6-3-4-7-20(19)28-13-5-12-23/h3-4,6-11,15H,2,5,13-14H2,1H3,(H,25,26). The predicted molar refractivity (Wildman–Crippen MR) is 118 cm³/mol. The van der Waals surface area contributed by atoms with Crippen molar-refractivity contribution in [1.82, 2.24) is 4.98 Å². The van der Waals surface area contributed by atoms with E-state index in [9.17, 15) is 4.79 Å². The molecule has 7 heteroatoms. The number of carbonyl (C=O) groups is 1. The Labute approximate surface area is 178 Å².